The molecule has 0 bridgehead atoms. The van der Waals surface area contributed by atoms with Gasteiger partial charge in [-0.1, -0.05) is 0 Å². The van der Waals surface area contributed by atoms with E-state index in [-0.39, 0.29) is 11.8 Å². The van der Waals surface area contributed by atoms with Crippen molar-refractivity contribution in [3.8, 4) is 0 Å². The van der Waals surface area contributed by atoms with E-state index in [1.54, 1.807) is 0 Å². The molecule has 1 fully saturated rings. The number of amides is 2. The summed E-state index contributed by atoms with van der Waals surface area (Å²) >= 11 is 1.93. The van der Waals surface area contributed by atoms with Gasteiger partial charge in [-0.05, 0) is 6.42 Å². The molecule has 2 heterocycles. The number of carbonyl (C=O) groups is 2. The van der Waals surface area contributed by atoms with Gasteiger partial charge in [0.15, 0.2) is 0 Å². The van der Waals surface area contributed by atoms with Crippen molar-refractivity contribution in [3.63, 3.8) is 0 Å². The molecule has 15 heavy (non-hydrogen) atoms. The fourth-order valence-electron chi connectivity index (χ4n) is 1.32. The van der Waals surface area contributed by atoms with Crippen LogP contribution < -0.4 is 10.6 Å². The minimum atomic E-state index is -0.425. The highest BCUT2D eigenvalue weighted by molar-refractivity contribution is 14.1. The molecule has 0 saturated carbocycles. The number of carbonyl (C=O) groups excluding carboxylic acids is 2. The van der Waals surface area contributed by atoms with Crippen molar-refractivity contribution in [2.75, 3.05) is 5.32 Å². The molecular weight excluding hydrogens is 313 g/mol. The number of hydrogen-bond donors (Lipinski definition) is 2. The molecule has 2 N–H and O–H groups in total. The molecule has 1 aromatic rings. The zero-order valence-corrected chi connectivity index (χ0v) is 9.78. The number of halogens is 1. The quantitative estimate of drug-likeness (QED) is 0.612. The lowest BCUT2D eigenvalue weighted by Gasteiger charge is -2.20. The maximum Gasteiger partial charge on any atom is 0.259 e. The second kappa shape index (κ2) is 4.17. The zero-order chi connectivity index (χ0) is 10.8. The number of imide groups is 1. The molecule has 1 aliphatic rings. The van der Waals surface area contributed by atoms with Gasteiger partial charge < -0.3 is 9.73 Å². The lowest BCUT2D eigenvalue weighted by molar-refractivity contribution is -0.133. The van der Waals surface area contributed by atoms with Crippen LogP contribution in [0.25, 0.3) is 0 Å². The molecule has 1 aliphatic heterocycles. The normalized spacial score (nSPS) is 21.3. The van der Waals surface area contributed by atoms with Gasteiger partial charge in [0.05, 0.1) is 6.20 Å². The molecule has 1 aromatic heterocycles. The van der Waals surface area contributed by atoms with Gasteiger partial charge >= 0.3 is 0 Å². The molecular formula is C8H8IN3O3. The van der Waals surface area contributed by atoms with Gasteiger partial charge in [0.1, 0.15) is 6.04 Å². The summed E-state index contributed by atoms with van der Waals surface area (Å²) in [5.74, 6) is -0.114. The third-order valence-electron chi connectivity index (χ3n) is 2.03. The summed E-state index contributed by atoms with van der Waals surface area (Å²) < 4.78 is 5.66. The Morgan fingerprint density at radius 2 is 2.40 bits per heavy atom. The monoisotopic (exact) mass is 321 g/mol. The number of nitrogens with one attached hydrogen (secondary N) is 2. The Morgan fingerprint density at radius 1 is 1.60 bits per heavy atom. The van der Waals surface area contributed by atoms with Crippen LogP contribution in [0.1, 0.15) is 12.8 Å². The average molecular weight is 321 g/mol. The Balaban J connectivity index is 2.00. The molecule has 2 rings (SSSR count). The van der Waals surface area contributed by atoms with Crippen LogP contribution in [-0.4, -0.2) is 22.8 Å². The lowest BCUT2D eigenvalue weighted by atomic mass is 10.1. The maximum absolute atomic E-state index is 11.4. The molecule has 2 amide bonds. The highest BCUT2D eigenvalue weighted by Crippen LogP contribution is 2.15. The molecule has 7 heteroatoms. The Morgan fingerprint density at radius 3 is 3.00 bits per heavy atom. The van der Waals surface area contributed by atoms with Crippen LogP contribution in [0.5, 0.6) is 0 Å². The highest BCUT2D eigenvalue weighted by atomic mass is 127. The summed E-state index contributed by atoms with van der Waals surface area (Å²) in [6, 6.07) is -0.425. The molecule has 6 nitrogen and oxygen atoms in total. The standard InChI is InChI=1S/C8H8IN3O3/c9-8-10-3-6(15-8)11-4-1-2-5(13)12-7(4)14/h3-4,11H,1-2H2,(H,12,13,14). The first-order valence-electron chi connectivity index (χ1n) is 4.37. The average Bonchev–Trinajstić information content (AvgIpc) is 2.56. The Labute approximate surface area is 98.9 Å². The van der Waals surface area contributed by atoms with E-state index in [0.29, 0.717) is 22.6 Å². The molecule has 0 aliphatic carbocycles. The second-order valence-corrected chi connectivity index (χ2v) is 4.05. The first kappa shape index (κ1) is 10.4. The SMILES string of the molecule is O=C1CCC(Nc2cnc(I)o2)C(=O)N1. The van der Waals surface area contributed by atoms with Crippen molar-refractivity contribution in [1.29, 1.82) is 0 Å². The summed E-state index contributed by atoms with van der Waals surface area (Å²) in [5, 5.41) is 5.13. The van der Waals surface area contributed by atoms with Gasteiger partial charge in [-0.15, -0.1) is 0 Å². The number of oxazole rings is 1. The minimum absolute atomic E-state index is 0.231. The van der Waals surface area contributed by atoms with E-state index in [2.05, 4.69) is 15.6 Å². The fraction of sp³-hybridized carbons (Fsp3) is 0.375. The van der Waals surface area contributed by atoms with Gasteiger partial charge in [-0.3, -0.25) is 14.9 Å². The van der Waals surface area contributed by atoms with Crippen LogP contribution in [-0.2, 0) is 9.59 Å². The van der Waals surface area contributed by atoms with Crippen molar-refractivity contribution >= 4 is 40.3 Å². The van der Waals surface area contributed by atoms with E-state index in [9.17, 15) is 9.59 Å². The van der Waals surface area contributed by atoms with Crippen LogP contribution in [0.15, 0.2) is 10.6 Å². The first-order chi connectivity index (χ1) is 7.15. The first-order valence-corrected chi connectivity index (χ1v) is 5.44. The van der Waals surface area contributed by atoms with Crippen molar-refractivity contribution in [2.24, 2.45) is 0 Å². The van der Waals surface area contributed by atoms with Crippen LogP contribution in [0.3, 0.4) is 0 Å². The fourth-order valence-corrected chi connectivity index (χ4v) is 1.70. The summed E-state index contributed by atoms with van der Waals surface area (Å²) in [7, 11) is 0. The van der Waals surface area contributed by atoms with Crippen molar-refractivity contribution in [1.82, 2.24) is 10.3 Å². The Hall–Kier alpha value is -1.12. The third-order valence-corrected chi connectivity index (χ3v) is 2.53. The van der Waals surface area contributed by atoms with E-state index in [1.165, 1.54) is 6.20 Å². The topological polar surface area (TPSA) is 84.2 Å². The molecule has 0 radical (unpaired) electrons. The predicted octanol–water partition coefficient (Wildman–Crippen LogP) is 0.496. The maximum atomic E-state index is 11.4. The van der Waals surface area contributed by atoms with Crippen LogP contribution in [0.4, 0.5) is 5.88 Å². The van der Waals surface area contributed by atoms with Crippen LogP contribution in [0.2, 0.25) is 0 Å². The van der Waals surface area contributed by atoms with E-state index >= 15 is 0 Å². The van der Waals surface area contributed by atoms with Crippen molar-refractivity contribution in [2.45, 2.75) is 18.9 Å². The van der Waals surface area contributed by atoms with Gasteiger partial charge in [0.25, 0.3) is 3.90 Å². The van der Waals surface area contributed by atoms with Crippen molar-refractivity contribution in [3.05, 3.63) is 10.1 Å². The van der Waals surface area contributed by atoms with Crippen LogP contribution in [0, 0.1) is 3.90 Å². The number of aromatic nitrogens is 1. The highest BCUT2D eigenvalue weighted by Gasteiger charge is 2.27. The van der Waals surface area contributed by atoms with Gasteiger partial charge in [0.2, 0.25) is 17.7 Å². The predicted molar refractivity (Wildman–Crippen MR) is 59.0 cm³/mol. The van der Waals surface area contributed by atoms with Crippen molar-refractivity contribution < 1.29 is 14.0 Å². The largest absolute Gasteiger partial charge is 0.416 e. The van der Waals surface area contributed by atoms with E-state index < -0.39 is 6.04 Å². The zero-order valence-electron chi connectivity index (χ0n) is 7.62. The molecule has 1 unspecified atom stereocenters. The Bertz CT molecular complexity index is 404. The van der Waals surface area contributed by atoms with E-state index in [1.807, 2.05) is 22.6 Å². The lowest BCUT2D eigenvalue weighted by Crippen LogP contribution is -2.47. The van der Waals surface area contributed by atoms with E-state index in [4.69, 9.17) is 4.42 Å². The summed E-state index contributed by atoms with van der Waals surface area (Å²) in [5.41, 5.74) is 0. The van der Waals surface area contributed by atoms with Gasteiger partial charge in [0, 0.05) is 29.0 Å². The molecule has 1 atom stereocenters. The number of hydrogen-bond acceptors (Lipinski definition) is 5. The molecule has 0 spiro atoms. The summed E-state index contributed by atoms with van der Waals surface area (Å²) in [6.45, 7) is 0. The Kier molecular flexibility index (Phi) is 2.89. The minimum Gasteiger partial charge on any atom is -0.416 e. The van der Waals surface area contributed by atoms with Crippen LogP contribution >= 0.6 is 22.6 Å². The smallest absolute Gasteiger partial charge is 0.259 e. The van der Waals surface area contributed by atoms with Gasteiger partial charge in [-0.2, -0.15) is 0 Å². The molecule has 1 saturated heterocycles. The number of rotatable bonds is 2. The van der Waals surface area contributed by atoms with Gasteiger partial charge in [-0.25, -0.2) is 4.98 Å². The molecule has 0 aromatic carbocycles. The number of piperidine rings is 1. The molecule has 80 valence electrons. The third kappa shape index (κ3) is 2.46. The summed E-state index contributed by atoms with van der Waals surface area (Å²) in [6.07, 6.45) is 2.32. The number of nitrogens with zero attached hydrogens (tertiary/aromatic N) is 1. The number of anilines is 1. The summed E-state index contributed by atoms with van der Waals surface area (Å²) in [4.78, 5) is 26.1. The second-order valence-electron chi connectivity index (χ2n) is 3.13. The van der Waals surface area contributed by atoms with E-state index in [0.717, 1.165) is 0 Å².